The Morgan fingerprint density at radius 2 is 1.14 bits per heavy atom. The molecule has 0 saturated carbocycles. The summed E-state index contributed by atoms with van der Waals surface area (Å²) in [6.45, 7) is 8.72. The SMILES string of the molecule is CCCCCCCCOc1ccc(C(=O)Oc2ccc(OCCCC(C)OCCCCC)cc2)cc1. The fourth-order valence-electron chi connectivity index (χ4n) is 3.81. The maximum Gasteiger partial charge on any atom is 0.343 e. The maximum atomic E-state index is 12.5. The molecule has 0 saturated heterocycles. The standard InChI is InChI=1S/C31H46O5/c1-4-6-8-9-10-12-24-34-28-17-15-27(16-18-28)31(32)36-30-21-19-29(20-22-30)35-25-13-14-26(3)33-23-11-7-5-2/h15-22,26H,4-14,23-25H2,1-3H3. The Labute approximate surface area is 218 Å². The number of carbonyl (C=O) groups is 1. The lowest BCUT2D eigenvalue weighted by molar-refractivity contribution is 0.0537. The van der Waals surface area contributed by atoms with E-state index in [4.69, 9.17) is 18.9 Å². The summed E-state index contributed by atoms with van der Waals surface area (Å²) in [7, 11) is 0. The second-order valence-electron chi connectivity index (χ2n) is 9.38. The summed E-state index contributed by atoms with van der Waals surface area (Å²) in [6, 6.07) is 14.3. The first-order chi connectivity index (χ1) is 17.6. The van der Waals surface area contributed by atoms with Crippen LogP contribution in [-0.2, 0) is 4.74 Å². The molecule has 5 heteroatoms. The first-order valence-corrected chi connectivity index (χ1v) is 13.9. The molecular weight excluding hydrogens is 452 g/mol. The van der Waals surface area contributed by atoms with Crippen molar-refractivity contribution in [2.45, 2.75) is 97.5 Å². The van der Waals surface area contributed by atoms with Gasteiger partial charge >= 0.3 is 5.97 Å². The number of unbranched alkanes of at least 4 members (excludes halogenated alkanes) is 7. The largest absolute Gasteiger partial charge is 0.494 e. The lowest BCUT2D eigenvalue weighted by atomic mass is 10.1. The minimum Gasteiger partial charge on any atom is -0.494 e. The summed E-state index contributed by atoms with van der Waals surface area (Å²) in [5.74, 6) is 1.64. The van der Waals surface area contributed by atoms with Gasteiger partial charge in [0.25, 0.3) is 0 Å². The van der Waals surface area contributed by atoms with Gasteiger partial charge in [0.15, 0.2) is 0 Å². The molecule has 0 bridgehead atoms. The van der Waals surface area contributed by atoms with Crippen LogP contribution in [0.1, 0.15) is 102 Å². The molecule has 0 heterocycles. The predicted octanol–water partition coefficient (Wildman–Crippen LogP) is 8.40. The molecule has 0 fully saturated rings. The molecule has 0 aromatic heterocycles. The van der Waals surface area contributed by atoms with Gasteiger partial charge in [0.1, 0.15) is 17.2 Å². The molecule has 1 unspecified atom stereocenters. The number of benzene rings is 2. The molecule has 5 nitrogen and oxygen atoms in total. The van der Waals surface area contributed by atoms with Crippen molar-refractivity contribution in [3.8, 4) is 17.2 Å². The number of hydrogen-bond donors (Lipinski definition) is 0. The first-order valence-electron chi connectivity index (χ1n) is 13.9. The minimum atomic E-state index is -0.390. The van der Waals surface area contributed by atoms with E-state index in [-0.39, 0.29) is 12.1 Å². The number of rotatable bonds is 20. The van der Waals surface area contributed by atoms with Crippen molar-refractivity contribution in [3.63, 3.8) is 0 Å². The molecular formula is C31H46O5. The molecule has 0 aliphatic heterocycles. The molecule has 200 valence electrons. The highest BCUT2D eigenvalue weighted by molar-refractivity contribution is 5.91. The van der Waals surface area contributed by atoms with E-state index >= 15 is 0 Å². The quantitative estimate of drug-likeness (QED) is 0.104. The fourth-order valence-corrected chi connectivity index (χ4v) is 3.81. The van der Waals surface area contributed by atoms with Crippen molar-refractivity contribution >= 4 is 5.97 Å². The number of esters is 1. The summed E-state index contributed by atoms with van der Waals surface area (Å²) < 4.78 is 22.9. The third-order valence-electron chi connectivity index (χ3n) is 6.06. The van der Waals surface area contributed by atoms with E-state index in [0.29, 0.717) is 24.5 Å². The van der Waals surface area contributed by atoms with Gasteiger partial charge in [0.2, 0.25) is 0 Å². The first kappa shape index (κ1) is 29.7. The van der Waals surface area contributed by atoms with Crippen molar-refractivity contribution < 1.29 is 23.7 Å². The third kappa shape index (κ3) is 13.0. The van der Waals surface area contributed by atoms with Crippen LogP contribution >= 0.6 is 0 Å². The van der Waals surface area contributed by atoms with Crippen molar-refractivity contribution in [3.05, 3.63) is 54.1 Å². The molecule has 0 aliphatic rings. The summed E-state index contributed by atoms with van der Waals surface area (Å²) in [4.78, 5) is 12.5. The fraction of sp³-hybridized carbons (Fsp3) is 0.581. The van der Waals surface area contributed by atoms with Crippen LogP contribution in [0.25, 0.3) is 0 Å². The average molecular weight is 499 g/mol. The van der Waals surface area contributed by atoms with Crippen LogP contribution in [0, 0.1) is 0 Å². The van der Waals surface area contributed by atoms with E-state index in [1.165, 1.54) is 44.9 Å². The molecule has 2 rings (SSSR count). The van der Waals surface area contributed by atoms with Crippen LogP contribution in [-0.4, -0.2) is 31.9 Å². The van der Waals surface area contributed by atoms with E-state index in [0.717, 1.165) is 43.8 Å². The molecule has 0 amide bonds. The van der Waals surface area contributed by atoms with Crippen molar-refractivity contribution in [2.75, 3.05) is 19.8 Å². The van der Waals surface area contributed by atoms with E-state index in [2.05, 4.69) is 20.8 Å². The Bertz CT molecular complexity index is 816. The van der Waals surface area contributed by atoms with Gasteiger partial charge in [-0.3, -0.25) is 0 Å². The smallest absolute Gasteiger partial charge is 0.343 e. The Kier molecular flexibility index (Phi) is 15.4. The normalized spacial score (nSPS) is 11.8. The minimum absolute atomic E-state index is 0.258. The van der Waals surface area contributed by atoms with Gasteiger partial charge in [0, 0.05) is 6.61 Å². The second-order valence-corrected chi connectivity index (χ2v) is 9.38. The van der Waals surface area contributed by atoms with Gasteiger partial charge in [-0.25, -0.2) is 4.79 Å². The Morgan fingerprint density at radius 3 is 1.81 bits per heavy atom. The number of hydrogen-bond acceptors (Lipinski definition) is 5. The monoisotopic (exact) mass is 498 g/mol. The van der Waals surface area contributed by atoms with Gasteiger partial charge in [-0.15, -0.1) is 0 Å². The highest BCUT2D eigenvalue weighted by Crippen LogP contribution is 2.20. The van der Waals surface area contributed by atoms with Gasteiger partial charge in [-0.2, -0.15) is 0 Å². The van der Waals surface area contributed by atoms with Crippen LogP contribution in [0.15, 0.2) is 48.5 Å². The zero-order chi connectivity index (χ0) is 25.8. The predicted molar refractivity (Wildman–Crippen MR) is 146 cm³/mol. The lowest BCUT2D eigenvalue weighted by Crippen LogP contribution is -2.11. The van der Waals surface area contributed by atoms with Crippen molar-refractivity contribution in [1.29, 1.82) is 0 Å². The molecule has 0 radical (unpaired) electrons. The summed E-state index contributed by atoms with van der Waals surface area (Å²) in [5.41, 5.74) is 0.494. The topological polar surface area (TPSA) is 54.0 Å². The summed E-state index contributed by atoms with van der Waals surface area (Å²) in [6.07, 6.45) is 13.1. The lowest BCUT2D eigenvalue weighted by Gasteiger charge is -2.13. The summed E-state index contributed by atoms with van der Waals surface area (Å²) in [5, 5.41) is 0. The van der Waals surface area contributed by atoms with Crippen molar-refractivity contribution in [2.24, 2.45) is 0 Å². The molecule has 0 aliphatic carbocycles. The summed E-state index contributed by atoms with van der Waals surface area (Å²) >= 11 is 0. The van der Waals surface area contributed by atoms with Crippen LogP contribution in [0.5, 0.6) is 17.2 Å². The number of carbonyl (C=O) groups excluding carboxylic acids is 1. The van der Waals surface area contributed by atoms with Gasteiger partial charge in [-0.05, 0) is 81.1 Å². The van der Waals surface area contributed by atoms with Gasteiger partial charge < -0.3 is 18.9 Å². The maximum absolute atomic E-state index is 12.5. The Balaban J connectivity index is 1.63. The average Bonchev–Trinajstić information content (AvgIpc) is 2.90. The molecule has 2 aromatic rings. The molecule has 36 heavy (non-hydrogen) atoms. The Morgan fingerprint density at radius 1 is 0.639 bits per heavy atom. The van der Waals surface area contributed by atoms with Gasteiger partial charge in [-0.1, -0.05) is 58.8 Å². The van der Waals surface area contributed by atoms with Crippen LogP contribution in [0.3, 0.4) is 0 Å². The van der Waals surface area contributed by atoms with Crippen LogP contribution < -0.4 is 14.2 Å². The van der Waals surface area contributed by atoms with E-state index in [9.17, 15) is 4.79 Å². The van der Waals surface area contributed by atoms with Crippen LogP contribution in [0.2, 0.25) is 0 Å². The van der Waals surface area contributed by atoms with Crippen molar-refractivity contribution in [1.82, 2.24) is 0 Å². The second kappa shape index (κ2) is 18.7. The third-order valence-corrected chi connectivity index (χ3v) is 6.06. The van der Waals surface area contributed by atoms with Crippen LogP contribution in [0.4, 0.5) is 0 Å². The molecule has 0 spiro atoms. The Hall–Kier alpha value is -2.53. The van der Waals surface area contributed by atoms with E-state index in [1.807, 2.05) is 24.3 Å². The molecule has 2 aromatic carbocycles. The van der Waals surface area contributed by atoms with E-state index in [1.54, 1.807) is 24.3 Å². The number of ether oxygens (including phenoxy) is 4. The zero-order valence-corrected chi connectivity index (χ0v) is 22.6. The zero-order valence-electron chi connectivity index (χ0n) is 22.6. The highest BCUT2D eigenvalue weighted by atomic mass is 16.5. The molecule has 1 atom stereocenters. The molecule has 0 N–H and O–H groups in total. The highest BCUT2D eigenvalue weighted by Gasteiger charge is 2.09. The van der Waals surface area contributed by atoms with E-state index < -0.39 is 0 Å². The van der Waals surface area contributed by atoms with Gasteiger partial charge in [0.05, 0.1) is 24.9 Å².